The fourth-order valence-corrected chi connectivity index (χ4v) is 2.85. The summed E-state index contributed by atoms with van der Waals surface area (Å²) in [6.45, 7) is 0. The Labute approximate surface area is 120 Å². The summed E-state index contributed by atoms with van der Waals surface area (Å²) < 4.78 is 1.07. The second kappa shape index (κ2) is 5.13. The first-order chi connectivity index (χ1) is 9.22. The van der Waals surface area contributed by atoms with E-state index < -0.39 is 0 Å². The van der Waals surface area contributed by atoms with Crippen LogP contribution in [0.15, 0.2) is 47.1 Å². The van der Waals surface area contributed by atoms with Gasteiger partial charge >= 0.3 is 0 Å². The van der Waals surface area contributed by atoms with Crippen LogP contribution >= 0.6 is 15.9 Å². The van der Waals surface area contributed by atoms with Crippen molar-refractivity contribution in [3.63, 3.8) is 0 Å². The van der Waals surface area contributed by atoms with E-state index in [4.69, 9.17) is 0 Å². The minimum absolute atomic E-state index is 0.00584. The number of hydrogen-bond acceptors (Lipinski definition) is 2. The van der Waals surface area contributed by atoms with Crippen LogP contribution in [-0.4, -0.2) is 10.9 Å². The molecule has 0 radical (unpaired) electrons. The van der Waals surface area contributed by atoms with Gasteiger partial charge in [-0.2, -0.15) is 0 Å². The molecule has 1 N–H and O–H groups in total. The van der Waals surface area contributed by atoms with Crippen molar-refractivity contribution >= 4 is 27.7 Å². The van der Waals surface area contributed by atoms with Crippen LogP contribution in [0.2, 0.25) is 0 Å². The summed E-state index contributed by atoms with van der Waals surface area (Å²) in [5.74, 6) is 0.668. The quantitative estimate of drug-likeness (QED) is 0.924. The van der Waals surface area contributed by atoms with Crippen LogP contribution in [0.1, 0.15) is 11.1 Å². The smallest absolute Gasteiger partial charge is 0.229 e. The van der Waals surface area contributed by atoms with Crippen LogP contribution < -0.4 is 5.32 Å². The van der Waals surface area contributed by atoms with Crippen LogP contribution in [-0.2, 0) is 17.6 Å². The highest BCUT2D eigenvalue weighted by atomic mass is 79.9. The monoisotopic (exact) mass is 316 g/mol. The number of hydrogen-bond donors (Lipinski definition) is 1. The molecule has 1 aliphatic rings. The lowest BCUT2D eigenvalue weighted by atomic mass is 10.1. The first kappa shape index (κ1) is 12.4. The first-order valence-corrected chi connectivity index (χ1v) is 7.01. The van der Waals surface area contributed by atoms with E-state index in [1.165, 1.54) is 11.1 Å². The predicted octanol–water partition coefficient (Wildman–Crippen LogP) is 3.20. The van der Waals surface area contributed by atoms with Crippen molar-refractivity contribution in [3.05, 3.63) is 58.2 Å². The topological polar surface area (TPSA) is 42.0 Å². The van der Waals surface area contributed by atoms with Gasteiger partial charge in [-0.05, 0) is 48.2 Å². The van der Waals surface area contributed by atoms with Crippen LogP contribution in [0, 0.1) is 5.92 Å². The highest BCUT2D eigenvalue weighted by Gasteiger charge is 2.27. The molecule has 0 fully saturated rings. The van der Waals surface area contributed by atoms with Crippen LogP contribution in [0.4, 0.5) is 5.82 Å². The van der Waals surface area contributed by atoms with E-state index in [0.717, 1.165) is 17.3 Å². The zero-order valence-electron chi connectivity index (χ0n) is 10.3. The minimum Gasteiger partial charge on any atom is -0.310 e. The molecule has 1 amide bonds. The van der Waals surface area contributed by atoms with Gasteiger partial charge in [0.25, 0.3) is 0 Å². The second-order valence-electron chi connectivity index (χ2n) is 4.72. The summed E-state index contributed by atoms with van der Waals surface area (Å²) in [6.07, 6.45) is 3.28. The second-order valence-corrected chi connectivity index (χ2v) is 5.64. The van der Waals surface area contributed by atoms with Crippen molar-refractivity contribution in [1.82, 2.24) is 4.98 Å². The molecule has 0 aliphatic heterocycles. The van der Waals surface area contributed by atoms with Gasteiger partial charge in [-0.1, -0.05) is 28.1 Å². The molecule has 0 spiro atoms. The number of nitrogens with zero attached hydrogens (tertiary/aromatic N) is 1. The molecule has 0 saturated carbocycles. The van der Waals surface area contributed by atoms with E-state index >= 15 is 0 Å². The molecule has 0 unspecified atom stereocenters. The van der Waals surface area contributed by atoms with Gasteiger partial charge in [0, 0.05) is 16.6 Å². The Morgan fingerprint density at radius 2 is 2.05 bits per heavy atom. The van der Waals surface area contributed by atoms with Gasteiger partial charge < -0.3 is 5.32 Å². The predicted molar refractivity (Wildman–Crippen MR) is 77.9 cm³/mol. The number of carbonyl (C=O) groups excluding carboxylic acids is 1. The Balaban J connectivity index is 1.71. The van der Waals surface area contributed by atoms with Crippen LogP contribution in [0.25, 0.3) is 0 Å². The van der Waals surface area contributed by atoms with Gasteiger partial charge in [-0.25, -0.2) is 4.98 Å². The molecule has 1 heterocycles. The summed E-state index contributed by atoms with van der Waals surface area (Å²) in [7, 11) is 0. The Kier molecular flexibility index (Phi) is 3.34. The Bertz CT molecular complexity index is 613. The average Bonchev–Trinajstić information content (AvgIpc) is 2.83. The number of fused-ring (bicyclic) bond motifs is 1. The molecule has 96 valence electrons. The number of rotatable bonds is 2. The molecule has 4 heteroatoms. The number of nitrogens with one attached hydrogen (secondary N) is 1. The zero-order chi connectivity index (χ0) is 13.2. The summed E-state index contributed by atoms with van der Waals surface area (Å²) in [5, 5.41) is 2.87. The minimum atomic E-state index is 0.00584. The number of halogens is 1. The van der Waals surface area contributed by atoms with E-state index in [0.29, 0.717) is 5.82 Å². The molecule has 3 rings (SSSR count). The van der Waals surface area contributed by atoms with Crippen molar-refractivity contribution in [3.8, 4) is 0 Å². The Hall–Kier alpha value is -1.68. The summed E-state index contributed by atoms with van der Waals surface area (Å²) in [4.78, 5) is 16.3. The standard InChI is InChI=1S/C15H13BrN2O/c16-13-5-4-10-7-12(8-11(10)9-13)15(19)18-14-3-1-2-6-17-14/h1-6,9,12H,7-8H2,(H,17,18,19)/t12-/m1/s1. The van der Waals surface area contributed by atoms with E-state index in [2.05, 4.69) is 38.4 Å². The van der Waals surface area contributed by atoms with Gasteiger partial charge in [0.15, 0.2) is 0 Å². The highest BCUT2D eigenvalue weighted by Crippen LogP contribution is 2.29. The fraction of sp³-hybridized carbons (Fsp3) is 0.200. The number of carbonyl (C=O) groups is 1. The van der Waals surface area contributed by atoms with Gasteiger partial charge in [-0.15, -0.1) is 0 Å². The van der Waals surface area contributed by atoms with Gasteiger partial charge in [0.2, 0.25) is 5.91 Å². The van der Waals surface area contributed by atoms with Gasteiger partial charge in [0.1, 0.15) is 5.82 Å². The molecular weight excluding hydrogens is 304 g/mol. The molecular formula is C15H13BrN2O. The largest absolute Gasteiger partial charge is 0.310 e. The number of pyridine rings is 1. The van der Waals surface area contributed by atoms with Crippen LogP contribution in [0.3, 0.4) is 0 Å². The normalized spacial score (nSPS) is 17.0. The molecule has 1 aromatic carbocycles. The Morgan fingerprint density at radius 3 is 2.84 bits per heavy atom. The van der Waals surface area contributed by atoms with E-state index in [-0.39, 0.29) is 11.8 Å². The van der Waals surface area contributed by atoms with Crippen molar-refractivity contribution in [2.75, 3.05) is 5.32 Å². The maximum absolute atomic E-state index is 12.2. The lowest BCUT2D eigenvalue weighted by Gasteiger charge is -2.09. The lowest BCUT2D eigenvalue weighted by Crippen LogP contribution is -2.23. The molecule has 3 nitrogen and oxygen atoms in total. The van der Waals surface area contributed by atoms with Crippen molar-refractivity contribution in [1.29, 1.82) is 0 Å². The zero-order valence-corrected chi connectivity index (χ0v) is 11.9. The first-order valence-electron chi connectivity index (χ1n) is 6.21. The third kappa shape index (κ3) is 2.68. The molecule has 1 atom stereocenters. The molecule has 1 aromatic heterocycles. The molecule has 0 bridgehead atoms. The van der Waals surface area contributed by atoms with Crippen molar-refractivity contribution < 1.29 is 4.79 Å². The SMILES string of the molecule is O=C(Nc1ccccn1)[C@@H]1Cc2ccc(Br)cc2C1. The number of amides is 1. The van der Waals surface area contributed by atoms with E-state index in [1.54, 1.807) is 12.3 Å². The fourth-order valence-electron chi connectivity index (χ4n) is 2.44. The number of anilines is 1. The highest BCUT2D eigenvalue weighted by molar-refractivity contribution is 9.10. The van der Waals surface area contributed by atoms with E-state index in [1.807, 2.05) is 18.2 Å². The van der Waals surface area contributed by atoms with E-state index in [9.17, 15) is 4.79 Å². The molecule has 1 aliphatic carbocycles. The van der Waals surface area contributed by atoms with Crippen LogP contribution in [0.5, 0.6) is 0 Å². The average molecular weight is 317 g/mol. The van der Waals surface area contributed by atoms with Crippen molar-refractivity contribution in [2.24, 2.45) is 5.92 Å². The Morgan fingerprint density at radius 1 is 1.21 bits per heavy atom. The third-order valence-corrected chi connectivity index (χ3v) is 3.88. The summed E-state index contributed by atoms with van der Waals surface area (Å²) in [6, 6.07) is 11.7. The maximum Gasteiger partial charge on any atom is 0.229 e. The molecule has 19 heavy (non-hydrogen) atoms. The molecule has 0 saturated heterocycles. The number of benzene rings is 1. The van der Waals surface area contributed by atoms with Gasteiger partial charge in [-0.3, -0.25) is 4.79 Å². The number of aromatic nitrogens is 1. The van der Waals surface area contributed by atoms with Gasteiger partial charge in [0.05, 0.1) is 0 Å². The maximum atomic E-state index is 12.2. The lowest BCUT2D eigenvalue weighted by molar-refractivity contribution is -0.119. The molecule has 2 aromatic rings. The summed E-state index contributed by atoms with van der Waals surface area (Å²) >= 11 is 3.47. The summed E-state index contributed by atoms with van der Waals surface area (Å²) in [5.41, 5.74) is 2.53. The van der Waals surface area contributed by atoms with Crippen molar-refractivity contribution in [2.45, 2.75) is 12.8 Å². The third-order valence-electron chi connectivity index (χ3n) is 3.39.